The van der Waals surface area contributed by atoms with Crippen LogP contribution in [0, 0.1) is 23.2 Å². The summed E-state index contributed by atoms with van der Waals surface area (Å²) < 4.78 is 1.60. The van der Waals surface area contributed by atoms with Gasteiger partial charge in [0.15, 0.2) is 5.96 Å². The van der Waals surface area contributed by atoms with Crippen molar-refractivity contribution in [3.8, 4) is 0 Å². The maximum absolute atomic E-state index is 13.6. The Bertz CT molecular complexity index is 1560. The minimum atomic E-state index is -0.649. The number of piperazine rings is 1. The predicted octanol–water partition coefficient (Wildman–Crippen LogP) is 4.04. The molecule has 4 fully saturated rings. The van der Waals surface area contributed by atoms with Gasteiger partial charge in [0.2, 0.25) is 0 Å². The number of anilines is 1. The Morgan fingerprint density at radius 2 is 2.00 bits per heavy atom. The largest absolute Gasteiger partial charge is 0.390 e. The monoisotopic (exact) mass is 554 g/mol. The van der Waals surface area contributed by atoms with Crippen molar-refractivity contribution in [1.29, 1.82) is 0 Å². The topological polar surface area (TPSA) is 94.8 Å². The van der Waals surface area contributed by atoms with Gasteiger partial charge in [0, 0.05) is 37.8 Å². The predicted molar refractivity (Wildman–Crippen MR) is 163 cm³/mol. The number of nitrogens with zero attached hydrogens (tertiary/aromatic N) is 4. The summed E-state index contributed by atoms with van der Waals surface area (Å²) in [6.45, 7) is 12.2. The van der Waals surface area contributed by atoms with Crippen molar-refractivity contribution in [2.24, 2.45) is 28.2 Å². The average Bonchev–Trinajstić information content (AvgIpc) is 3.29. The first-order valence-electron chi connectivity index (χ1n) is 15.3. The number of aliphatic hydroxyl groups is 1. The fourth-order valence-corrected chi connectivity index (χ4v) is 8.20. The first-order valence-corrected chi connectivity index (χ1v) is 15.3. The molecule has 41 heavy (non-hydrogen) atoms. The van der Waals surface area contributed by atoms with Crippen LogP contribution in [-0.4, -0.2) is 63.3 Å². The van der Waals surface area contributed by atoms with Crippen LogP contribution in [0.1, 0.15) is 57.7 Å². The molecule has 3 aromatic rings. The molecule has 0 amide bonds. The van der Waals surface area contributed by atoms with E-state index in [2.05, 4.69) is 43.2 Å². The number of aliphatic hydroxyl groups excluding tert-OH is 1. The number of aliphatic imine (C=N–C) groups is 1. The zero-order valence-corrected chi connectivity index (χ0v) is 24.5. The molecule has 3 N–H and O–H groups in total. The highest BCUT2D eigenvalue weighted by Gasteiger charge is 2.56. The van der Waals surface area contributed by atoms with E-state index in [0.717, 1.165) is 60.7 Å². The molecule has 8 rings (SSSR count). The maximum Gasteiger partial charge on any atom is 0.261 e. The van der Waals surface area contributed by atoms with Crippen molar-refractivity contribution in [2.75, 3.05) is 25.0 Å². The van der Waals surface area contributed by atoms with Gasteiger partial charge in [-0.05, 0) is 72.3 Å². The first-order chi connectivity index (χ1) is 19.7. The van der Waals surface area contributed by atoms with Crippen molar-refractivity contribution in [1.82, 2.24) is 19.8 Å². The second-order valence-electron chi connectivity index (χ2n) is 13.5. The molecule has 1 saturated heterocycles. The van der Waals surface area contributed by atoms with Crippen LogP contribution in [0.4, 0.5) is 5.69 Å². The third kappa shape index (κ3) is 4.47. The van der Waals surface area contributed by atoms with Crippen molar-refractivity contribution in [2.45, 2.75) is 71.2 Å². The molecule has 2 unspecified atom stereocenters. The highest BCUT2D eigenvalue weighted by Crippen LogP contribution is 2.61. The van der Waals surface area contributed by atoms with Crippen LogP contribution in [0.15, 0.2) is 58.6 Å². The van der Waals surface area contributed by atoms with Crippen LogP contribution >= 0.6 is 0 Å². The zero-order chi connectivity index (χ0) is 28.5. The smallest absolute Gasteiger partial charge is 0.261 e. The van der Waals surface area contributed by atoms with E-state index in [1.165, 1.54) is 6.42 Å². The van der Waals surface area contributed by atoms with Gasteiger partial charge in [-0.1, -0.05) is 45.0 Å². The van der Waals surface area contributed by atoms with Gasteiger partial charge in [0.25, 0.3) is 5.56 Å². The Morgan fingerprint density at radius 3 is 2.78 bits per heavy atom. The Labute approximate surface area is 241 Å². The van der Waals surface area contributed by atoms with E-state index < -0.39 is 12.1 Å². The summed E-state index contributed by atoms with van der Waals surface area (Å²) in [7, 11) is 0. The van der Waals surface area contributed by atoms with Gasteiger partial charge in [-0.3, -0.25) is 9.36 Å². The van der Waals surface area contributed by atoms with E-state index in [1.807, 2.05) is 42.5 Å². The molecule has 2 aromatic carbocycles. The van der Waals surface area contributed by atoms with Crippen molar-refractivity contribution in [3.63, 3.8) is 0 Å². The van der Waals surface area contributed by atoms with Gasteiger partial charge in [-0.15, -0.1) is 0 Å². The summed E-state index contributed by atoms with van der Waals surface area (Å²) >= 11 is 0. The van der Waals surface area contributed by atoms with Gasteiger partial charge in [-0.2, -0.15) is 0 Å². The number of guanidine groups is 1. The molecule has 8 nitrogen and oxygen atoms in total. The van der Waals surface area contributed by atoms with Gasteiger partial charge in [0.1, 0.15) is 0 Å². The summed E-state index contributed by atoms with van der Waals surface area (Å²) in [5.74, 6) is 2.96. The maximum atomic E-state index is 13.6. The van der Waals surface area contributed by atoms with E-state index in [9.17, 15) is 9.90 Å². The lowest BCUT2D eigenvalue weighted by Crippen LogP contribution is -2.57. The second kappa shape index (κ2) is 9.95. The number of benzene rings is 2. The Kier molecular flexibility index (Phi) is 6.47. The summed E-state index contributed by atoms with van der Waals surface area (Å²) in [4.78, 5) is 26.1. The third-order valence-corrected chi connectivity index (χ3v) is 10.8. The lowest BCUT2D eigenvalue weighted by molar-refractivity contribution is -0.108. The standard InChI is InChI=1S/C33H42N6O2/c1-19-17-38(12-11-34-19)32(37-27-15-22-14-26(20(27)2)33(22,3)4)36-23-9-10-25-28(16-23)35-18-39(31(25)41)30-24-8-6-5-7-21(24)13-29(30)40/h5-10,16,18-20,22,26-27,29-30,34,40H,11-15,17H2,1-4H3,(H,36,37)/t19-,20-,22+,26-,27?,29-,30?/m0/s1. The third-order valence-electron chi connectivity index (χ3n) is 10.8. The van der Waals surface area contributed by atoms with Gasteiger partial charge in [-0.25, -0.2) is 9.98 Å². The average molecular weight is 555 g/mol. The molecule has 2 bridgehead atoms. The van der Waals surface area contributed by atoms with Crippen LogP contribution in [0.2, 0.25) is 0 Å². The van der Waals surface area contributed by atoms with E-state index in [1.54, 1.807) is 10.9 Å². The Morgan fingerprint density at radius 1 is 1.17 bits per heavy atom. The van der Waals surface area contributed by atoms with Crippen molar-refractivity contribution < 1.29 is 5.11 Å². The normalized spacial score (nSPS) is 32.5. The van der Waals surface area contributed by atoms with Crippen LogP contribution in [0.25, 0.3) is 10.9 Å². The van der Waals surface area contributed by atoms with Crippen LogP contribution < -0.4 is 16.2 Å². The summed E-state index contributed by atoms with van der Waals surface area (Å²) in [6.07, 6.45) is 3.97. The van der Waals surface area contributed by atoms with Crippen LogP contribution in [-0.2, 0) is 6.42 Å². The Hall–Kier alpha value is -3.23. The zero-order valence-electron chi connectivity index (χ0n) is 24.5. The summed E-state index contributed by atoms with van der Waals surface area (Å²) in [6, 6.07) is 14.0. The fraction of sp³-hybridized carbons (Fsp3) is 0.545. The fourth-order valence-electron chi connectivity index (χ4n) is 8.20. The minimum absolute atomic E-state index is 0.134. The number of fused-ring (bicyclic) bond motifs is 4. The van der Waals surface area contributed by atoms with Crippen LogP contribution in [0.3, 0.4) is 0 Å². The number of hydrogen-bond donors (Lipinski definition) is 3. The quantitative estimate of drug-likeness (QED) is 0.334. The number of hydrogen-bond acceptors (Lipinski definition) is 5. The van der Waals surface area contributed by atoms with E-state index >= 15 is 0 Å². The highest BCUT2D eigenvalue weighted by molar-refractivity contribution is 5.96. The second-order valence-corrected chi connectivity index (χ2v) is 13.5. The van der Waals surface area contributed by atoms with E-state index in [4.69, 9.17) is 9.98 Å². The number of aromatic nitrogens is 2. The SMILES string of the molecule is C[C@@H]1C(/N=C(/Nc2ccc3c(=O)n(C4c5ccccc5C[C@@H]4O)cnc3c2)N2CCN[C@@H](C)C2)C[C@H]2C[C@@H]1C2(C)C. The lowest BCUT2D eigenvalue weighted by Gasteiger charge is -2.61. The molecular formula is C33H42N6O2. The van der Waals surface area contributed by atoms with E-state index in [-0.39, 0.29) is 5.56 Å². The summed E-state index contributed by atoms with van der Waals surface area (Å²) in [5.41, 5.74) is 3.89. The molecule has 1 aliphatic heterocycles. The van der Waals surface area contributed by atoms with Gasteiger partial charge >= 0.3 is 0 Å². The molecule has 5 aliphatic rings. The molecule has 3 saturated carbocycles. The molecular weight excluding hydrogens is 512 g/mol. The first kappa shape index (κ1) is 26.7. The molecule has 8 heteroatoms. The van der Waals surface area contributed by atoms with Gasteiger partial charge < -0.3 is 20.6 Å². The van der Waals surface area contributed by atoms with Crippen LogP contribution in [0.5, 0.6) is 0 Å². The highest BCUT2D eigenvalue weighted by atomic mass is 16.3. The minimum Gasteiger partial charge on any atom is -0.390 e. The molecule has 0 spiro atoms. The molecule has 4 aliphatic carbocycles. The molecule has 1 aromatic heterocycles. The Balaban J connectivity index is 1.19. The van der Waals surface area contributed by atoms with E-state index in [0.29, 0.717) is 40.7 Å². The number of nitrogens with one attached hydrogen (secondary N) is 2. The number of rotatable bonds is 3. The molecule has 216 valence electrons. The molecule has 0 radical (unpaired) electrons. The molecule has 2 heterocycles. The lowest BCUT2D eigenvalue weighted by atomic mass is 9.45. The van der Waals surface area contributed by atoms with Gasteiger partial charge in [0.05, 0.1) is 35.4 Å². The van der Waals surface area contributed by atoms with Crippen molar-refractivity contribution in [3.05, 3.63) is 70.3 Å². The van der Waals surface area contributed by atoms with Crippen molar-refractivity contribution >= 4 is 22.5 Å². The molecule has 7 atom stereocenters. The summed E-state index contributed by atoms with van der Waals surface area (Å²) in [5, 5.41) is 18.6.